The molecule has 0 saturated carbocycles. The number of anilines is 18. The second-order valence-corrected chi connectivity index (χ2v) is 28.3. The third-order valence-electron chi connectivity index (χ3n) is 22.2. The van der Waals surface area contributed by atoms with Gasteiger partial charge in [0.1, 0.15) is 34.5 Å². The molecule has 9 nitrogen and oxygen atoms in total. The van der Waals surface area contributed by atoms with Crippen molar-refractivity contribution >= 4 is 172 Å². The van der Waals surface area contributed by atoms with Gasteiger partial charge in [-0.25, -0.2) is 0 Å². The predicted octanol–water partition coefficient (Wildman–Crippen LogP) is 19.3. The number of hydrogen-bond acceptors (Lipinski definition) is 9. The van der Waals surface area contributed by atoms with Crippen molar-refractivity contribution in [3.63, 3.8) is 0 Å². The second kappa shape index (κ2) is 24.8. The molecule has 0 aliphatic carbocycles. The van der Waals surface area contributed by atoms with Crippen molar-refractivity contribution in [2.24, 2.45) is 0 Å². The van der Waals surface area contributed by atoms with E-state index in [9.17, 15) is 0 Å². The van der Waals surface area contributed by atoms with Crippen LogP contribution in [0.15, 0.2) is 382 Å². The van der Waals surface area contributed by atoms with E-state index in [0.29, 0.717) is 0 Å². The van der Waals surface area contributed by atoms with Gasteiger partial charge in [-0.3, -0.25) is 0 Å². The predicted molar refractivity (Wildman–Crippen MR) is 448 cm³/mol. The third-order valence-corrected chi connectivity index (χ3v) is 22.2. The first-order valence-electron chi connectivity index (χ1n) is 37.0. The standard InChI is InChI=1S/C96H63B3N6O3/c1-10-32-64(33-11-1)100(65-34-12-2-13-35-65)73-54-85-94-91(57-73)106-88-52-30-28-50-76(88)97(94)78-60-79-83(62-82(78)103(85)70-44-22-7-23-45-70)104(71-46-24-8-25-47-71)87-56-75(102(68-40-18-5-19-41-68)69-42-20-6-21-43-69)59-93-96(87)99(79)81-61-80-84(63-90(81)108-93)105(72-48-26-9-27-49-72)86-55-74(58-92-95(86)98(80)77-51-29-31-53-89(77)107-92)101(66-36-14-3-15-37-66)67-38-16-4-17-39-67/h1-63H. The molecule has 0 bridgehead atoms. The van der Waals surface area contributed by atoms with Gasteiger partial charge >= 0.3 is 0 Å². The van der Waals surface area contributed by atoms with E-state index in [-0.39, 0.29) is 20.1 Å². The summed E-state index contributed by atoms with van der Waals surface area (Å²) in [6.45, 7) is -0.881. The Morgan fingerprint density at radius 3 is 0.741 bits per heavy atom. The summed E-state index contributed by atoms with van der Waals surface area (Å²) < 4.78 is 22.7. The first kappa shape index (κ1) is 61.4. The number of rotatable bonds is 12. The molecule has 6 aliphatic rings. The molecule has 0 amide bonds. The van der Waals surface area contributed by atoms with Crippen molar-refractivity contribution in [1.82, 2.24) is 0 Å². The highest BCUT2D eigenvalue weighted by atomic mass is 16.5. The van der Waals surface area contributed by atoms with E-state index >= 15 is 0 Å². The van der Waals surface area contributed by atoms with Crippen LogP contribution in [0.4, 0.5) is 102 Å². The highest BCUT2D eigenvalue weighted by molar-refractivity contribution is 7.03. The molecule has 6 aliphatic heterocycles. The minimum absolute atomic E-state index is 0.254. The maximum absolute atomic E-state index is 7.98. The molecular weight excluding hydrogens is 1320 g/mol. The van der Waals surface area contributed by atoms with E-state index in [1.54, 1.807) is 0 Å². The van der Waals surface area contributed by atoms with E-state index in [4.69, 9.17) is 14.2 Å². The average molecular weight is 1380 g/mol. The van der Waals surface area contributed by atoms with Crippen molar-refractivity contribution in [3.8, 4) is 34.5 Å². The summed E-state index contributed by atoms with van der Waals surface area (Å²) >= 11 is 0. The number of fused-ring (bicyclic) bond motifs is 12. The van der Waals surface area contributed by atoms with Gasteiger partial charge in [-0.2, -0.15) is 0 Å². The molecule has 0 saturated heterocycles. The molecule has 0 N–H and O–H groups in total. The fourth-order valence-electron chi connectivity index (χ4n) is 17.8. The van der Waals surface area contributed by atoms with Gasteiger partial charge < -0.3 is 43.6 Å². The minimum Gasteiger partial charge on any atom is -0.458 e. The lowest BCUT2D eigenvalue weighted by molar-refractivity contribution is 0.487. The van der Waals surface area contributed by atoms with Crippen LogP contribution in [-0.2, 0) is 0 Å². The highest BCUT2D eigenvalue weighted by Crippen LogP contribution is 2.53. The van der Waals surface area contributed by atoms with Crippen LogP contribution < -0.4 is 92.8 Å². The fraction of sp³-hybridized carbons (Fsp3) is 0. The molecule has 0 spiro atoms. The van der Waals surface area contributed by atoms with Crippen LogP contribution in [-0.4, -0.2) is 20.1 Å². The summed E-state index contributed by atoms with van der Waals surface area (Å²) in [5.41, 5.74) is 28.3. The Morgan fingerprint density at radius 1 is 0.176 bits per heavy atom. The zero-order valence-electron chi connectivity index (χ0n) is 58.5. The van der Waals surface area contributed by atoms with E-state index < -0.39 is 0 Å². The molecule has 0 radical (unpaired) electrons. The Kier molecular flexibility index (Phi) is 14.1. The summed E-state index contributed by atoms with van der Waals surface area (Å²) in [5.74, 6) is 4.81. The zero-order valence-corrected chi connectivity index (χ0v) is 58.5. The van der Waals surface area contributed by atoms with Crippen LogP contribution in [0.5, 0.6) is 34.5 Å². The summed E-state index contributed by atoms with van der Waals surface area (Å²) in [7, 11) is 0. The molecule has 0 unspecified atom stereocenters. The monoisotopic (exact) mass is 1380 g/mol. The highest BCUT2D eigenvalue weighted by Gasteiger charge is 2.50. The summed E-state index contributed by atoms with van der Waals surface area (Å²) in [4.78, 5) is 14.5. The van der Waals surface area contributed by atoms with Crippen LogP contribution in [0.2, 0.25) is 0 Å². The number of benzene rings is 16. The van der Waals surface area contributed by atoms with E-state index in [0.717, 1.165) is 181 Å². The molecule has 16 aromatic rings. The van der Waals surface area contributed by atoms with Crippen LogP contribution in [0.25, 0.3) is 0 Å². The van der Waals surface area contributed by atoms with Gasteiger partial charge in [0.25, 0.3) is 20.1 Å². The molecule has 0 aromatic heterocycles. The molecule has 6 heterocycles. The van der Waals surface area contributed by atoms with Crippen LogP contribution in [0.3, 0.4) is 0 Å². The van der Waals surface area contributed by atoms with Gasteiger partial charge in [0.2, 0.25) is 0 Å². The van der Waals surface area contributed by atoms with E-state index in [1.807, 2.05) is 0 Å². The molecular formula is C96H63B3N6O3. The van der Waals surface area contributed by atoms with E-state index in [1.165, 1.54) is 5.46 Å². The molecule has 504 valence electrons. The molecule has 12 heteroatoms. The lowest BCUT2D eigenvalue weighted by atomic mass is 9.29. The molecule has 0 fully saturated rings. The van der Waals surface area contributed by atoms with Gasteiger partial charge in [0.15, 0.2) is 0 Å². The Morgan fingerprint density at radius 2 is 0.426 bits per heavy atom. The van der Waals surface area contributed by atoms with Gasteiger partial charge in [0, 0.05) is 110 Å². The lowest BCUT2D eigenvalue weighted by Crippen LogP contribution is -2.65. The molecule has 16 aromatic carbocycles. The van der Waals surface area contributed by atoms with Gasteiger partial charge in [0.05, 0.1) is 17.1 Å². The molecule has 0 atom stereocenters. The van der Waals surface area contributed by atoms with Crippen molar-refractivity contribution < 1.29 is 14.2 Å². The smallest absolute Gasteiger partial charge is 0.256 e. The maximum atomic E-state index is 7.98. The van der Waals surface area contributed by atoms with Crippen molar-refractivity contribution in [1.29, 1.82) is 0 Å². The maximum Gasteiger partial charge on any atom is 0.256 e. The Labute approximate surface area is 628 Å². The SMILES string of the molecule is c1ccc(N(c2ccccc2)c2cc3c4c(c2)N(c2ccccc2)c2cc5c(cc2B4c2ccccc2O3)B2c3cc4c(cc3N(c3ccccc3)c3cc(N(c6ccccc6)c6ccccc6)cc(c32)O5)N(c2ccccc2)c2cc(N(c3ccccc3)c3ccccc3)cc3c2B4c2ccccc2O3)cc1. The quantitative estimate of drug-likeness (QED) is 0.111. The van der Waals surface area contributed by atoms with Crippen LogP contribution in [0.1, 0.15) is 0 Å². The summed E-state index contributed by atoms with van der Waals surface area (Å²) in [6, 6.07) is 138. The Hall–Kier alpha value is -14.1. The number of ether oxygens (including phenoxy) is 3. The second-order valence-electron chi connectivity index (χ2n) is 28.3. The first-order chi connectivity index (χ1) is 53.6. The largest absolute Gasteiger partial charge is 0.458 e. The fourth-order valence-corrected chi connectivity index (χ4v) is 17.8. The number of para-hydroxylation sites is 11. The average Bonchev–Trinajstić information content (AvgIpc) is 0.692. The van der Waals surface area contributed by atoms with Crippen molar-refractivity contribution in [2.45, 2.75) is 0 Å². The Balaban J connectivity index is 0.834. The topological polar surface area (TPSA) is 47.1 Å². The molecule has 22 rings (SSSR count). The van der Waals surface area contributed by atoms with Crippen LogP contribution >= 0.6 is 0 Å². The van der Waals surface area contributed by atoms with Crippen LogP contribution in [0, 0.1) is 0 Å². The van der Waals surface area contributed by atoms with E-state index in [2.05, 4.69) is 412 Å². The lowest BCUT2D eigenvalue weighted by Gasteiger charge is -2.45. The third kappa shape index (κ3) is 9.70. The zero-order chi connectivity index (χ0) is 70.9. The number of nitrogens with zero attached hydrogens (tertiary/aromatic N) is 6. The summed E-state index contributed by atoms with van der Waals surface area (Å²) in [6.07, 6.45) is 0. The van der Waals surface area contributed by atoms with Crippen molar-refractivity contribution in [2.75, 3.05) is 29.4 Å². The normalized spacial score (nSPS) is 13.1. The minimum atomic E-state index is -0.372. The van der Waals surface area contributed by atoms with Crippen molar-refractivity contribution in [3.05, 3.63) is 382 Å². The van der Waals surface area contributed by atoms with Gasteiger partial charge in [-0.05, 0) is 195 Å². The Bertz CT molecular complexity index is 6100. The van der Waals surface area contributed by atoms with Gasteiger partial charge in [-0.15, -0.1) is 0 Å². The summed E-state index contributed by atoms with van der Waals surface area (Å²) in [5, 5.41) is 0. The first-order valence-corrected chi connectivity index (χ1v) is 37.0. The van der Waals surface area contributed by atoms with Gasteiger partial charge in [-0.1, -0.05) is 212 Å². The number of hydrogen-bond donors (Lipinski definition) is 0. The molecule has 108 heavy (non-hydrogen) atoms.